The van der Waals surface area contributed by atoms with Crippen molar-refractivity contribution in [3.05, 3.63) is 23.7 Å². The topological polar surface area (TPSA) is 51.5 Å². The number of amides is 1. The third-order valence-electron chi connectivity index (χ3n) is 1.41. The van der Waals surface area contributed by atoms with Gasteiger partial charge >= 0.3 is 5.91 Å². The van der Waals surface area contributed by atoms with Gasteiger partial charge in [0.15, 0.2) is 5.76 Å². The molecule has 0 saturated heterocycles. The van der Waals surface area contributed by atoms with Crippen LogP contribution in [0.3, 0.4) is 0 Å². The predicted octanol–water partition coefficient (Wildman–Crippen LogP) is 2.05. The number of furan rings is 1. The molecule has 1 rings (SSSR count). The summed E-state index contributed by atoms with van der Waals surface area (Å²) in [6.45, 7) is 7.32. The van der Waals surface area contributed by atoms with Gasteiger partial charge in [-0.25, -0.2) is 5.48 Å². The Balaban J connectivity index is 2.52. The number of rotatable bonds is 2. The lowest BCUT2D eigenvalue weighted by atomic mass is 10.2. The Kier molecular flexibility index (Phi) is 2.96. The third kappa shape index (κ3) is 3.22. The van der Waals surface area contributed by atoms with Gasteiger partial charge in [0.2, 0.25) is 0 Å². The van der Waals surface area contributed by atoms with Crippen molar-refractivity contribution in [2.45, 2.75) is 33.3 Å². The van der Waals surface area contributed by atoms with Crippen LogP contribution >= 0.6 is 0 Å². The summed E-state index contributed by atoms with van der Waals surface area (Å²) in [6, 6.07) is 3.34. The molecule has 0 aliphatic carbocycles. The SMILES string of the molecule is Cc1ccc(C(=O)NOC(C)(C)C)o1. The zero-order valence-corrected chi connectivity index (χ0v) is 8.88. The van der Waals surface area contributed by atoms with Crippen molar-refractivity contribution >= 4 is 5.91 Å². The van der Waals surface area contributed by atoms with Crippen LogP contribution < -0.4 is 5.48 Å². The molecule has 1 amide bonds. The third-order valence-corrected chi connectivity index (χ3v) is 1.41. The van der Waals surface area contributed by atoms with Gasteiger partial charge in [-0.15, -0.1) is 0 Å². The van der Waals surface area contributed by atoms with E-state index < -0.39 is 5.60 Å². The van der Waals surface area contributed by atoms with Gasteiger partial charge < -0.3 is 4.42 Å². The highest BCUT2D eigenvalue weighted by Crippen LogP contribution is 2.08. The number of carbonyl (C=O) groups is 1. The summed E-state index contributed by atoms with van der Waals surface area (Å²) >= 11 is 0. The van der Waals surface area contributed by atoms with Gasteiger partial charge in [0, 0.05) is 0 Å². The van der Waals surface area contributed by atoms with Gasteiger partial charge in [-0.2, -0.15) is 0 Å². The molecule has 0 unspecified atom stereocenters. The first-order chi connectivity index (χ1) is 6.38. The number of hydrogen-bond acceptors (Lipinski definition) is 3. The fourth-order valence-corrected chi connectivity index (χ4v) is 0.806. The summed E-state index contributed by atoms with van der Waals surface area (Å²) in [5.41, 5.74) is 1.91. The zero-order valence-electron chi connectivity index (χ0n) is 8.88. The van der Waals surface area contributed by atoms with E-state index in [1.807, 2.05) is 20.8 Å². The lowest BCUT2D eigenvalue weighted by Crippen LogP contribution is -2.33. The average molecular weight is 197 g/mol. The molecule has 0 bridgehead atoms. The maximum atomic E-state index is 11.4. The molecule has 1 aromatic rings. The van der Waals surface area contributed by atoms with Crippen molar-refractivity contribution in [3.63, 3.8) is 0 Å². The Labute approximate surface area is 83.2 Å². The maximum absolute atomic E-state index is 11.4. The predicted molar refractivity (Wildman–Crippen MR) is 51.7 cm³/mol. The minimum atomic E-state index is -0.405. The Morgan fingerprint density at radius 1 is 1.43 bits per heavy atom. The van der Waals surface area contributed by atoms with Gasteiger partial charge in [-0.1, -0.05) is 0 Å². The number of nitrogens with one attached hydrogen (secondary N) is 1. The Bertz CT molecular complexity index is 322. The first kappa shape index (κ1) is 10.8. The molecule has 0 aromatic carbocycles. The maximum Gasteiger partial charge on any atom is 0.310 e. The van der Waals surface area contributed by atoms with E-state index >= 15 is 0 Å². The minimum absolute atomic E-state index is 0.256. The van der Waals surface area contributed by atoms with Crippen molar-refractivity contribution in [2.24, 2.45) is 0 Å². The van der Waals surface area contributed by atoms with Gasteiger partial charge in [0.05, 0.1) is 5.60 Å². The highest BCUT2D eigenvalue weighted by atomic mass is 16.7. The molecule has 4 heteroatoms. The minimum Gasteiger partial charge on any atom is -0.456 e. The lowest BCUT2D eigenvalue weighted by molar-refractivity contribution is -0.0598. The van der Waals surface area contributed by atoms with Gasteiger partial charge in [-0.3, -0.25) is 9.63 Å². The summed E-state index contributed by atoms with van der Waals surface area (Å²) in [5, 5.41) is 0. The molecule has 0 radical (unpaired) electrons. The number of carbonyl (C=O) groups excluding carboxylic acids is 1. The fraction of sp³-hybridized carbons (Fsp3) is 0.500. The quantitative estimate of drug-likeness (QED) is 0.738. The Morgan fingerprint density at radius 2 is 2.07 bits per heavy atom. The van der Waals surface area contributed by atoms with E-state index in [0.717, 1.165) is 0 Å². The zero-order chi connectivity index (χ0) is 10.8. The van der Waals surface area contributed by atoms with Crippen LogP contribution in [0, 0.1) is 6.92 Å². The summed E-state index contributed by atoms with van der Waals surface area (Å²) in [7, 11) is 0. The molecule has 1 heterocycles. The molecule has 1 aromatic heterocycles. The largest absolute Gasteiger partial charge is 0.456 e. The van der Waals surface area contributed by atoms with Gasteiger partial charge in [0.1, 0.15) is 5.76 Å². The molecule has 0 fully saturated rings. The standard InChI is InChI=1S/C10H15NO3/c1-7-5-6-8(13-7)9(12)11-14-10(2,3)4/h5-6H,1-4H3,(H,11,12). The number of hydrogen-bond donors (Lipinski definition) is 1. The molecular weight excluding hydrogens is 182 g/mol. The van der Waals surface area contributed by atoms with E-state index in [-0.39, 0.29) is 11.7 Å². The summed E-state index contributed by atoms with van der Waals surface area (Å²) in [4.78, 5) is 16.5. The van der Waals surface area contributed by atoms with Gasteiger partial charge in [-0.05, 0) is 39.8 Å². The van der Waals surface area contributed by atoms with E-state index in [4.69, 9.17) is 9.25 Å². The van der Waals surface area contributed by atoms with Crippen molar-refractivity contribution in [2.75, 3.05) is 0 Å². The van der Waals surface area contributed by atoms with Crippen molar-refractivity contribution in [3.8, 4) is 0 Å². The molecule has 0 saturated carbocycles. The smallest absolute Gasteiger partial charge is 0.310 e. The summed E-state index contributed by atoms with van der Waals surface area (Å²) in [6.07, 6.45) is 0. The molecule has 0 atom stereocenters. The molecule has 0 aliphatic heterocycles. The first-order valence-electron chi connectivity index (χ1n) is 4.43. The summed E-state index contributed by atoms with van der Waals surface area (Å²) < 4.78 is 5.12. The molecule has 0 spiro atoms. The molecule has 78 valence electrons. The van der Waals surface area contributed by atoms with Crippen LogP contribution in [0.4, 0.5) is 0 Å². The van der Waals surface area contributed by atoms with Crippen LogP contribution in [0.25, 0.3) is 0 Å². The van der Waals surface area contributed by atoms with E-state index in [9.17, 15) is 4.79 Å². The number of aryl methyl sites for hydroxylation is 1. The second kappa shape index (κ2) is 3.84. The fourth-order valence-electron chi connectivity index (χ4n) is 0.806. The highest BCUT2D eigenvalue weighted by Gasteiger charge is 2.15. The molecular formula is C10H15NO3. The lowest BCUT2D eigenvalue weighted by Gasteiger charge is -2.18. The molecule has 1 N–H and O–H groups in total. The second-order valence-electron chi connectivity index (χ2n) is 4.06. The van der Waals surface area contributed by atoms with E-state index in [1.54, 1.807) is 19.1 Å². The Hall–Kier alpha value is -1.29. The molecule has 14 heavy (non-hydrogen) atoms. The van der Waals surface area contributed by atoms with E-state index in [2.05, 4.69) is 5.48 Å². The normalized spacial score (nSPS) is 11.4. The first-order valence-corrected chi connectivity index (χ1v) is 4.43. The monoisotopic (exact) mass is 197 g/mol. The van der Waals surface area contributed by atoms with Crippen LogP contribution in [0.1, 0.15) is 37.1 Å². The Morgan fingerprint density at radius 3 is 2.50 bits per heavy atom. The van der Waals surface area contributed by atoms with Crippen LogP contribution in [0.15, 0.2) is 16.5 Å². The van der Waals surface area contributed by atoms with Crippen molar-refractivity contribution in [1.82, 2.24) is 5.48 Å². The van der Waals surface area contributed by atoms with Crippen LogP contribution in [-0.2, 0) is 4.84 Å². The molecule has 4 nitrogen and oxygen atoms in total. The van der Waals surface area contributed by atoms with Crippen LogP contribution in [0.2, 0.25) is 0 Å². The van der Waals surface area contributed by atoms with Crippen molar-refractivity contribution < 1.29 is 14.0 Å². The van der Waals surface area contributed by atoms with E-state index in [0.29, 0.717) is 5.76 Å². The van der Waals surface area contributed by atoms with Crippen LogP contribution in [0.5, 0.6) is 0 Å². The highest BCUT2D eigenvalue weighted by molar-refractivity contribution is 5.90. The molecule has 0 aliphatic rings. The van der Waals surface area contributed by atoms with E-state index in [1.165, 1.54) is 0 Å². The summed E-state index contributed by atoms with van der Waals surface area (Å²) in [5.74, 6) is 0.589. The average Bonchev–Trinajstić information content (AvgIpc) is 2.46. The van der Waals surface area contributed by atoms with Crippen LogP contribution in [-0.4, -0.2) is 11.5 Å². The number of hydroxylamine groups is 1. The van der Waals surface area contributed by atoms with Gasteiger partial charge in [0.25, 0.3) is 0 Å². The second-order valence-corrected chi connectivity index (χ2v) is 4.06. The van der Waals surface area contributed by atoms with Crippen molar-refractivity contribution in [1.29, 1.82) is 0 Å².